The molecule has 2 atom stereocenters. The molecule has 3 N–H and O–H groups in total. The normalized spacial score (nSPS) is 14.4. The predicted octanol–water partition coefficient (Wildman–Crippen LogP) is 4.74. The number of rotatable bonds is 17. The summed E-state index contributed by atoms with van der Waals surface area (Å²) in [5.74, 6) is 0. The highest BCUT2D eigenvalue weighted by molar-refractivity contribution is 4.86. The monoisotopic (exact) mass is 328 g/mol. The lowest BCUT2D eigenvalue weighted by atomic mass is 10.0. The van der Waals surface area contributed by atoms with Gasteiger partial charge in [-0.2, -0.15) is 0 Å². The molecule has 0 aromatic rings. The molecule has 0 spiro atoms. The van der Waals surface area contributed by atoms with E-state index in [0.717, 1.165) is 6.42 Å². The lowest BCUT2D eigenvalue weighted by molar-refractivity contribution is 0.00741. The van der Waals surface area contributed by atoms with E-state index in [1.807, 2.05) is 6.08 Å². The average Bonchev–Trinajstić information content (AvgIpc) is 2.55. The van der Waals surface area contributed by atoms with Crippen LogP contribution < -0.4 is 0 Å². The summed E-state index contributed by atoms with van der Waals surface area (Å²) in [4.78, 5) is 0. The van der Waals surface area contributed by atoms with Gasteiger partial charge in [-0.15, -0.1) is 0 Å². The molecule has 0 amide bonds. The predicted molar refractivity (Wildman–Crippen MR) is 98.6 cm³/mol. The van der Waals surface area contributed by atoms with Crippen molar-refractivity contribution in [2.75, 3.05) is 6.61 Å². The topological polar surface area (TPSA) is 60.7 Å². The fourth-order valence-electron chi connectivity index (χ4n) is 2.76. The maximum atomic E-state index is 9.63. The van der Waals surface area contributed by atoms with Crippen LogP contribution in [0.5, 0.6) is 0 Å². The summed E-state index contributed by atoms with van der Waals surface area (Å²) >= 11 is 0. The molecule has 0 rings (SSSR count). The molecule has 3 nitrogen and oxygen atoms in total. The van der Waals surface area contributed by atoms with Crippen molar-refractivity contribution in [2.45, 2.75) is 109 Å². The van der Waals surface area contributed by atoms with Crippen LogP contribution in [0.2, 0.25) is 0 Å². The summed E-state index contributed by atoms with van der Waals surface area (Å²) in [7, 11) is 0. The summed E-state index contributed by atoms with van der Waals surface area (Å²) in [5, 5.41) is 27.8. The lowest BCUT2D eigenvalue weighted by Crippen LogP contribution is -2.26. The molecule has 3 heteroatoms. The van der Waals surface area contributed by atoms with Gasteiger partial charge in [0.05, 0.1) is 12.2 Å². The maximum absolute atomic E-state index is 9.63. The zero-order chi connectivity index (χ0) is 17.2. The highest BCUT2D eigenvalue weighted by Gasteiger charge is 2.13. The Morgan fingerprint density at radius 3 is 1.74 bits per heavy atom. The van der Waals surface area contributed by atoms with E-state index in [4.69, 9.17) is 5.11 Å². The first-order valence-electron chi connectivity index (χ1n) is 9.84. The first kappa shape index (κ1) is 22.6. The number of hydrogen-bond acceptors (Lipinski definition) is 3. The van der Waals surface area contributed by atoms with Crippen LogP contribution in [0.3, 0.4) is 0 Å². The number of aliphatic hydroxyl groups is 3. The number of aliphatic hydroxyl groups excluding tert-OH is 3. The van der Waals surface area contributed by atoms with Gasteiger partial charge < -0.3 is 15.3 Å². The highest BCUT2D eigenvalue weighted by atomic mass is 16.3. The summed E-state index contributed by atoms with van der Waals surface area (Å²) in [5.41, 5.74) is 0. The van der Waals surface area contributed by atoms with Gasteiger partial charge in [0.1, 0.15) is 0 Å². The largest absolute Gasteiger partial charge is 0.396 e. The third-order valence-corrected chi connectivity index (χ3v) is 4.39. The Labute approximate surface area is 143 Å². The Balaban J connectivity index is 3.25. The van der Waals surface area contributed by atoms with Gasteiger partial charge in [0.25, 0.3) is 0 Å². The van der Waals surface area contributed by atoms with Gasteiger partial charge in [0, 0.05) is 6.61 Å². The van der Waals surface area contributed by atoms with E-state index in [9.17, 15) is 10.2 Å². The zero-order valence-electron chi connectivity index (χ0n) is 15.3. The van der Waals surface area contributed by atoms with Gasteiger partial charge in [-0.1, -0.05) is 83.3 Å². The Bertz CT molecular complexity index is 253. The van der Waals surface area contributed by atoms with Gasteiger partial charge >= 0.3 is 0 Å². The van der Waals surface area contributed by atoms with Crippen LogP contribution in [-0.4, -0.2) is 34.1 Å². The van der Waals surface area contributed by atoms with Crippen LogP contribution >= 0.6 is 0 Å². The van der Waals surface area contributed by atoms with Crippen molar-refractivity contribution in [3.63, 3.8) is 0 Å². The van der Waals surface area contributed by atoms with Crippen LogP contribution in [0, 0.1) is 0 Å². The van der Waals surface area contributed by atoms with E-state index >= 15 is 0 Å². The molecule has 0 fully saturated rings. The molecule has 0 aromatic carbocycles. The Kier molecular flexibility index (Phi) is 17.7. The van der Waals surface area contributed by atoms with Crippen LogP contribution in [0.4, 0.5) is 0 Å². The van der Waals surface area contributed by atoms with Crippen molar-refractivity contribution in [3.05, 3.63) is 12.2 Å². The molecule has 0 radical (unpaired) electrons. The van der Waals surface area contributed by atoms with Crippen molar-refractivity contribution < 1.29 is 15.3 Å². The van der Waals surface area contributed by atoms with E-state index in [1.54, 1.807) is 0 Å². The smallest absolute Gasteiger partial charge is 0.0834 e. The van der Waals surface area contributed by atoms with Crippen LogP contribution in [-0.2, 0) is 0 Å². The molecular formula is C20H40O3. The maximum Gasteiger partial charge on any atom is 0.0834 e. The molecule has 0 saturated carbocycles. The second kappa shape index (κ2) is 18.0. The SMILES string of the molecule is CCCCCCCCCCCCCC=CCC(O)C(O)CCO. The van der Waals surface area contributed by atoms with E-state index < -0.39 is 12.2 Å². The first-order valence-corrected chi connectivity index (χ1v) is 9.84. The molecule has 2 unspecified atom stereocenters. The van der Waals surface area contributed by atoms with Crippen molar-refractivity contribution in [1.82, 2.24) is 0 Å². The molecule has 0 saturated heterocycles. The number of unbranched alkanes of at least 4 members (excludes halogenated alkanes) is 11. The minimum Gasteiger partial charge on any atom is -0.396 e. The molecule has 138 valence electrons. The second-order valence-corrected chi connectivity index (χ2v) is 6.68. The number of allylic oxidation sites excluding steroid dienone is 1. The third-order valence-electron chi connectivity index (χ3n) is 4.39. The van der Waals surface area contributed by atoms with Gasteiger partial charge in [-0.25, -0.2) is 0 Å². The van der Waals surface area contributed by atoms with Crippen molar-refractivity contribution in [1.29, 1.82) is 0 Å². The quantitative estimate of drug-likeness (QED) is 0.267. The van der Waals surface area contributed by atoms with Crippen LogP contribution in [0.15, 0.2) is 12.2 Å². The highest BCUT2D eigenvalue weighted by Crippen LogP contribution is 2.12. The second-order valence-electron chi connectivity index (χ2n) is 6.68. The van der Waals surface area contributed by atoms with Crippen molar-refractivity contribution in [2.24, 2.45) is 0 Å². The van der Waals surface area contributed by atoms with Gasteiger partial charge in [-0.3, -0.25) is 0 Å². The van der Waals surface area contributed by atoms with Crippen molar-refractivity contribution >= 4 is 0 Å². The van der Waals surface area contributed by atoms with Crippen molar-refractivity contribution in [3.8, 4) is 0 Å². The van der Waals surface area contributed by atoms with Gasteiger partial charge in [0.2, 0.25) is 0 Å². The number of hydrogen-bond donors (Lipinski definition) is 3. The Morgan fingerprint density at radius 2 is 1.22 bits per heavy atom. The van der Waals surface area contributed by atoms with Crippen LogP contribution in [0.1, 0.15) is 96.8 Å². The van der Waals surface area contributed by atoms with E-state index in [0.29, 0.717) is 6.42 Å². The minimum absolute atomic E-state index is 0.0827. The molecule has 0 aliphatic heterocycles. The fraction of sp³-hybridized carbons (Fsp3) is 0.900. The Hall–Kier alpha value is -0.380. The van der Waals surface area contributed by atoms with Crippen LogP contribution in [0.25, 0.3) is 0 Å². The van der Waals surface area contributed by atoms with Gasteiger partial charge in [-0.05, 0) is 25.7 Å². The minimum atomic E-state index is -0.813. The summed E-state index contributed by atoms with van der Waals surface area (Å²) < 4.78 is 0. The molecule has 0 aliphatic rings. The molecule has 0 bridgehead atoms. The molecule has 23 heavy (non-hydrogen) atoms. The standard InChI is InChI=1S/C20H40O3/c1-2-3-4-5-6-7-8-9-10-11-12-13-14-15-16-19(22)20(23)17-18-21/h14-15,19-23H,2-13,16-18H2,1H3. The zero-order valence-corrected chi connectivity index (χ0v) is 15.3. The van der Waals surface area contributed by atoms with E-state index in [2.05, 4.69) is 13.0 Å². The van der Waals surface area contributed by atoms with Gasteiger partial charge in [0.15, 0.2) is 0 Å². The summed E-state index contributed by atoms with van der Waals surface area (Å²) in [6.07, 6.45) is 19.2. The summed E-state index contributed by atoms with van der Waals surface area (Å²) in [6.45, 7) is 2.18. The lowest BCUT2D eigenvalue weighted by Gasteiger charge is -2.14. The fourth-order valence-corrected chi connectivity index (χ4v) is 2.76. The first-order chi connectivity index (χ1) is 11.2. The van der Waals surface area contributed by atoms with E-state index in [1.165, 1.54) is 70.6 Å². The summed E-state index contributed by atoms with van der Waals surface area (Å²) in [6, 6.07) is 0. The Morgan fingerprint density at radius 1 is 0.696 bits per heavy atom. The molecular weight excluding hydrogens is 288 g/mol. The molecule has 0 aromatic heterocycles. The van der Waals surface area contributed by atoms with E-state index in [-0.39, 0.29) is 13.0 Å². The average molecular weight is 329 g/mol. The third kappa shape index (κ3) is 16.3. The molecule has 0 heterocycles. The molecule has 0 aliphatic carbocycles.